The predicted molar refractivity (Wildman–Crippen MR) is 52.7 cm³/mol. The first kappa shape index (κ1) is 10.7. The van der Waals surface area contributed by atoms with Crippen molar-refractivity contribution in [2.45, 2.75) is 53.4 Å². The maximum atomic E-state index is 2.39. The van der Waals surface area contributed by atoms with Crippen LogP contribution in [0.2, 0.25) is 0 Å². The van der Waals surface area contributed by atoms with Crippen molar-refractivity contribution < 1.29 is 0 Å². The first-order chi connectivity index (χ1) is 5.16. The van der Waals surface area contributed by atoms with Gasteiger partial charge >= 0.3 is 0 Å². The van der Waals surface area contributed by atoms with E-state index in [0.717, 1.165) is 5.92 Å². The molecule has 0 aromatic rings. The van der Waals surface area contributed by atoms with E-state index in [-0.39, 0.29) is 0 Å². The minimum atomic E-state index is 0.848. The van der Waals surface area contributed by atoms with E-state index in [2.05, 4.69) is 33.8 Å². The molecule has 0 aliphatic carbocycles. The lowest BCUT2D eigenvalue weighted by atomic mass is 10.1. The van der Waals surface area contributed by atoms with Gasteiger partial charge in [0.2, 0.25) is 0 Å². The van der Waals surface area contributed by atoms with Crippen LogP contribution in [0.1, 0.15) is 53.4 Å². The maximum Gasteiger partial charge on any atom is -0.0326 e. The van der Waals surface area contributed by atoms with E-state index in [0.29, 0.717) is 0 Å². The van der Waals surface area contributed by atoms with E-state index in [1.54, 1.807) is 5.57 Å². The van der Waals surface area contributed by atoms with Gasteiger partial charge in [0.15, 0.2) is 0 Å². The Kier molecular flexibility index (Phi) is 6.30. The molecule has 0 fully saturated rings. The SMILES string of the molecule is CCCC(C)=CCCC(C)C. The van der Waals surface area contributed by atoms with E-state index in [1.165, 1.54) is 25.7 Å². The van der Waals surface area contributed by atoms with Gasteiger partial charge in [-0.05, 0) is 32.1 Å². The average Bonchev–Trinajstić information content (AvgIpc) is 1.87. The van der Waals surface area contributed by atoms with Gasteiger partial charge in [0.1, 0.15) is 0 Å². The zero-order valence-corrected chi connectivity index (χ0v) is 8.48. The molecule has 0 unspecified atom stereocenters. The fraction of sp³-hybridized carbons (Fsp3) is 0.818. The molecule has 0 saturated carbocycles. The summed E-state index contributed by atoms with van der Waals surface area (Å²) in [5, 5.41) is 0. The summed E-state index contributed by atoms with van der Waals surface area (Å²) >= 11 is 0. The van der Waals surface area contributed by atoms with E-state index < -0.39 is 0 Å². The Morgan fingerprint density at radius 3 is 2.45 bits per heavy atom. The van der Waals surface area contributed by atoms with Crippen LogP contribution < -0.4 is 0 Å². The van der Waals surface area contributed by atoms with E-state index in [4.69, 9.17) is 0 Å². The zero-order chi connectivity index (χ0) is 8.69. The fourth-order valence-electron chi connectivity index (χ4n) is 1.16. The number of hydrogen-bond donors (Lipinski definition) is 0. The fourth-order valence-corrected chi connectivity index (χ4v) is 1.16. The Labute approximate surface area is 71.7 Å². The molecule has 0 aliphatic heterocycles. The van der Waals surface area contributed by atoms with Crippen LogP contribution >= 0.6 is 0 Å². The Bertz CT molecular complexity index is 109. The lowest BCUT2D eigenvalue weighted by molar-refractivity contribution is 0.592. The minimum absolute atomic E-state index is 0.848. The van der Waals surface area contributed by atoms with Crippen LogP contribution in [0.15, 0.2) is 11.6 Å². The van der Waals surface area contributed by atoms with Crippen LogP contribution in [0.3, 0.4) is 0 Å². The first-order valence-electron chi connectivity index (χ1n) is 4.82. The third kappa shape index (κ3) is 7.64. The monoisotopic (exact) mass is 154 g/mol. The smallest absolute Gasteiger partial charge is 0.0326 e. The molecule has 0 heterocycles. The second-order valence-corrected chi connectivity index (χ2v) is 3.77. The number of rotatable bonds is 5. The van der Waals surface area contributed by atoms with Gasteiger partial charge < -0.3 is 0 Å². The van der Waals surface area contributed by atoms with Gasteiger partial charge in [0.25, 0.3) is 0 Å². The summed E-state index contributed by atoms with van der Waals surface area (Å²) in [6.07, 6.45) is 7.55. The highest BCUT2D eigenvalue weighted by Crippen LogP contribution is 2.09. The van der Waals surface area contributed by atoms with Crippen molar-refractivity contribution in [2.75, 3.05) is 0 Å². The topological polar surface area (TPSA) is 0 Å². The molecule has 0 aromatic carbocycles. The van der Waals surface area contributed by atoms with Crippen LogP contribution in [0, 0.1) is 5.92 Å². The van der Waals surface area contributed by atoms with E-state index in [9.17, 15) is 0 Å². The third-order valence-electron chi connectivity index (χ3n) is 1.88. The van der Waals surface area contributed by atoms with Gasteiger partial charge in [-0.25, -0.2) is 0 Å². The molecule has 0 bridgehead atoms. The van der Waals surface area contributed by atoms with Gasteiger partial charge in [0, 0.05) is 0 Å². The molecule has 0 N–H and O–H groups in total. The van der Waals surface area contributed by atoms with Crippen LogP contribution in [0.5, 0.6) is 0 Å². The number of hydrogen-bond acceptors (Lipinski definition) is 0. The van der Waals surface area contributed by atoms with Crippen LogP contribution in [0.25, 0.3) is 0 Å². The van der Waals surface area contributed by atoms with Crippen molar-refractivity contribution in [1.29, 1.82) is 0 Å². The average molecular weight is 154 g/mol. The molecule has 0 amide bonds. The molecule has 11 heavy (non-hydrogen) atoms. The highest BCUT2D eigenvalue weighted by Gasteiger charge is 1.91. The lowest BCUT2D eigenvalue weighted by Gasteiger charge is -2.01. The van der Waals surface area contributed by atoms with Crippen LogP contribution in [0.4, 0.5) is 0 Å². The highest BCUT2D eigenvalue weighted by molar-refractivity contribution is 4.97. The van der Waals surface area contributed by atoms with Crippen molar-refractivity contribution in [3.63, 3.8) is 0 Å². The summed E-state index contributed by atoms with van der Waals surface area (Å²) in [7, 11) is 0. The molecule has 0 aromatic heterocycles. The summed E-state index contributed by atoms with van der Waals surface area (Å²) in [4.78, 5) is 0. The van der Waals surface area contributed by atoms with Gasteiger partial charge in [0.05, 0.1) is 0 Å². The van der Waals surface area contributed by atoms with Crippen molar-refractivity contribution in [2.24, 2.45) is 5.92 Å². The lowest BCUT2D eigenvalue weighted by Crippen LogP contribution is -1.85. The Hall–Kier alpha value is -0.260. The van der Waals surface area contributed by atoms with Gasteiger partial charge in [-0.2, -0.15) is 0 Å². The maximum absolute atomic E-state index is 2.39. The summed E-state index contributed by atoms with van der Waals surface area (Å²) in [5.74, 6) is 0.848. The minimum Gasteiger partial charge on any atom is -0.0856 e. The summed E-state index contributed by atoms with van der Waals surface area (Å²) in [6, 6.07) is 0. The molecule has 0 aliphatic rings. The molecule has 0 heteroatoms. The molecule has 0 radical (unpaired) electrons. The summed E-state index contributed by atoms with van der Waals surface area (Å²) < 4.78 is 0. The van der Waals surface area contributed by atoms with Crippen LogP contribution in [-0.2, 0) is 0 Å². The molecule has 0 atom stereocenters. The van der Waals surface area contributed by atoms with Crippen LogP contribution in [-0.4, -0.2) is 0 Å². The quantitative estimate of drug-likeness (QED) is 0.521. The molecular weight excluding hydrogens is 132 g/mol. The van der Waals surface area contributed by atoms with E-state index >= 15 is 0 Å². The summed E-state index contributed by atoms with van der Waals surface area (Å²) in [5.41, 5.74) is 1.56. The van der Waals surface area contributed by atoms with Crippen molar-refractivity contribution in [1.82, 2.24) is 0 Å². The molecular formula is C11H22. The van der Waals surface area contributed by atoms with Gasteiger partial charge in [-0.3, -0.25) is 0 Å². The van der Waals surface area contributed by atoms with Gasteiger partial charge in [-0.15, -0.1) is 0 Å². The highest BCUT2D eigenvalue weighted by atomic mass is 14.0. The van der Waals surface area contributed by atoms with Crippen molar-refractivity contribution in [3.8, 4) is 0 Å². The Balaban J connectivity index is 3.39. The molecule has 0 rings (SSSR count). The third-order valence-corrected chi connectivity index (χ3v) is 1.88. The molecule has 0 nitrogen and oxygen atoms in total. The van der Waals surface area contributed by atoms with Crippen molar-refractivity contribution in [3.05, 3.63) is 11.6 Å². The number of allylic oxidation sites excluding steroid dienone is 2. The summed E-state index contributed by atoms with van der Waals surface area (Å²) in [6.45, 7) is 9.04. The molecule has 66 valence electrons. The zero-order valence-electron chi connectivity index (χ0n) is 8.48. The Morgan fingerprint density at radius 1 is 1.36 bits per heavy atom. The second-order valence-electron chi connectivity index (χ2n) is 3.77. The van der Waals surface area contributed by atoms with E-state index in [1.807, 2.05) is 0 Å². The molecule has 0 spiro atoms. The first-order valence-corrected chi connectivity index (χ1v) is 4.82. The predicted octanol–water partition coefficient (Wildman–Crippen LogP) is 4.17. The largest absolute Gasteiger partial charge is 0.0856 e. The Morgan fingerprint density at radius 2 is 2.00 bits per heavy atom. The van der Waals surface area contributed by atoms with Gasteiger partial charge in [-0.1, -0.05) is 38.8 Å². The standard InChI is InChI=1S/C11H22/c1-5-7-11(4)9-6-8-10(2)3/h9-10H,5-8H2,1-4H3. The van der Waals surface area contributed by atoms with Crippen molar-refractivity contribution >= 4 is 0 Å². The second kappa shape index (κ2) is 6.45. The normalized spacial score (nSPS) is 12.6. The molecule has 0 saturated heterocycles.